The summed E-state index contributed by atoms with van der Waals surface area (Å²) in [7, 11) is 0. The molecule has 5 nitrogen and oxygen atoms in total. The second kappa shape index (κ2) is 6.92. The fourth-order valence-corrected chi connectivity index (χ4v) is 2.45. The molecule has 1 amide bonds. The van der Waals surface area contributed by atoms with Gasteiger partial charge in [0, 0.05) is 13.1 Å². The number of amides is 1. The number of rotatable bonds is 5. The zero-order valence-corrected chi connectivity index (χ0v) is 11.8. The van der Waals surface area contributed by atoms with Crippen LogP contribution in [0.2, 0.25) is 0 Å². The fraction of sp³-hybridized carbons (Fsp3) is 0.375. The predicted octanol–water partition coefficient (Wildman–Crippen LogP) is 2.19. The summed E-state index contributed by atoms with van der Waals surface area (Å²) in [6.07, 6.45) is 2.94. The van der Waals surface area contributed by atoms with E-state index in [9.17, 15) is 9.59 Å². The van der Waals surface area contributed by atoms with Crippen LogP contribution >= 0.6 is 0 Å². The van der Waals surface area contributed by atoms with E-state index in [-0.39, 0.29) is 12.5 Å². The topological polar surface area (TPSA) is 66.8 Å². The number of aliphatic carboxylic acids is 1. The lowest BCUT2D eigenvalue weighted by Crippen LogP contribution is -2.42. The minimum absolute atomic E-state index is 0.180. The van der Waals surface area contributed by atoms with E-state index in [1.807, 2.05) is 0 Å². The molecule has 1 aliphatic rings. The van der Waals surface area contributed by atoms with Gasteiger partial charge in [0.1, 0.15) is 12.4 Å². The van der Waals surface area contributed by atoms with Gasteiger partial charge < -0.3 is 14.7 Å². The molecule has 1 N–H and O–H groups in total. The van der Waals surface area contributed by atoms with Crippen molar-refractivity contribution in [3.05, 3.63) is 42.5 Å². The highest BCUT2D eigenvalue weighted by Crippen LogP contribution is 2.23. The second-order valence-electron chi connectivity index (χ2n) is 5.02. The molecule has 1 aliphatic heterocycles. The van der Waals surface area contributed by atoms with E-state index >= 15 is 0 Å². The van der Waals surface area contributed by atoms with E-state index in [0.29, 0.717) is 37.3 Å². The third kappa shape index (κ3) is 3.62. The van der Waals surface area contributed by atoms with Crippen molar-refractivity contribution in [1.82, 2.24) is 4.90 Å². The molecular weight excluding hydrogens is 270 g/mol. The molecule has 0 aliphatic carbocycles. The number of hydrogen-bond acceptors (Lipinski definition) is 3. The molecule has 21 heavy (non-hydrogen) atoms. The van der Waals surface area contributed by atoms with E-state index in [1.165, 1.54) is 0 Å². The number of ether oxygens (including phenoxy) is 1. The Morgan fingerprint density at radius 3 is 2.90 bits per heavy atom. The van der Waals surface area contributed by atoms with Crippen LogP contribution in [-0.4, -0.2) is 41.6 Å². The molecule has 0 radical (unpaired) electrons. The number of hydrogen-bond donors (Lipinski definition) is 1. The molecule has 5 heteroatoms. The van der Waals surface area contributed by atoms with Crippen LogP contribution in [0.5, 0.6) is 5.75 Å². The average Bonchev–Trinajstić information content (AvgIpc) is 2.52. The average molecular weight is 289 g/mol. The normalized spacial score (nSPS) is 18.1. The third-order valence-electron chi connectivity index (χ3n) is 3.53. The maximum Gasteiger partial charge on any atom is 0.308 e. The Bertz CT molecular complexity index is 541. The van der Waals surface area contributed by atoms with Crippen molar-refractivity contribution >= 4 is 11.9 Å². The summed E-state index contributed by atoms with van der Waals surface area (Å²) in [6.45, 7) is 4.74. The summed E-state index contributed by atoms with van der Waals surface area (Å²) in [5.74, 6) is -1.01. The number of benzene rings is 1. The van der Waals surface area contributed by atoms with Gasteiger partial charge in [-0.25, -0.2) is 0 Å². The molecule has 1 heterocycles. The molecule has 0 spiro atoms. The van der Waals surface area contributed by atoms with Crippen molar-refractivity contribution in [3.63, 3.8) is 0 Å². The Labute approximate surface area is 123 Å². The molecule has 2 rings (SSSR count). The summed E-state index contributed by atoms with van der Waals surface area (Å²) in [5, 5.41) is 9.11. The minimum atomic E-state index is -0.844. The van der Waals surface area contributed by atoms with Crippen LogP contribution in [0.1, 0.15) is 23.2 Å². The highest BCUT2D eigenvalue weighted by molar-refractivity contribution is 5.97. The zero-order chi connectivity index (χ0) is 15.2. The molecule has 112 valence electrons. The molecule has 1 fully saturated rings. The van der Waals surface area contributed by atoms with Gasteiger partial charge in [-0.15, -0.1) is 0 Å². The largest absolute Gasteiger partial charge is 0.489 e. The number of para-hydroxylation sites is 1. The fourth-order valence-electron chi connectivity index (χ4n) is 2.45. The molecule has 1 unspecified atom stereocenters. The van der Waals surface area contributed by atoms with Crippen LogP contribution in [0.15, 0.2) is 36.9 Å². The Kier molecular flexibility index (Phi) is 4.98. The van der Waals surface area contributed by atoms with Crippen LogP contribution in [0.4, 0.5) is 0 Å². The van der Waals surface area contributed by atoms with Gasteiger partial charge in [0.15, 0.2) is 0 Å². The molecule has 0 aromatic heterocycles. The van der Waals surface area contributed by atoms with Gasteiger partial charge in [-0.1, -0.05) is 24.8 Å². The van der Waals surface area contributed by atoms with Gasteiger partial charge in [-0.3, -0.25) is 9.59 Å². The lowest BCUT2D eigenvalue weighted by molar-refractivity contribution is -0.143. The first-order valence-corrected chi connectivity index (χ1v) is 6.98. The van der Waals surface area contributed by atoms with E-state index in [0.717, 1.165) is 0 Å². The van der Waals surface area contributed by atoms with Crippen LogP contribution < -0.4 is 4.74 Å². The van der Waals surface area contributed by atoms with Crippen molar-refractivity contribution in [2.75, 3.05) is 19.7 Å². The molecule has 1 aromatic carbocycles. The first kappa shape index (κ1) is 15.1. The molecule has 1 atom stereocenters. The molecule has 1 aromatic rings. The Morgan fingerprint density at radius 1 is 1.43 bits per heavy atom. The predicted molar refractivity (Wildman–Crippen MR) is 78.4 cm³/mol. The van der Waals surface area contributed by atoms with Crippen molar-refractivity contribution in [3.8, 4) is 5.75 Å². The van der Waals surface area contributed by atoms with E-state index in [1.54, 1.807) is 35.2 Å². The number of carbonyl (C=O) groups excluding carboxylic acids is 1. The maximum absolute atomic E-state index is 12.6. The van der Waals surface area contributed by atoms with Crippen LogP contribution in [0.3, 0.4) is 0 Å². The van der Waals surface area contributed by atoms with Crippen molar-refractivity contribution in [1.29, 1.82) is 0 Å². The smallest absolute Gasteiger partial charge is 0.308 e. The summed E-state index contributed by atoms with van der Waals surface area (Å²) in [6, 6.07) is 7.00. The summed E-state index contributed by atoms with van der Waals surface area (Å²) < 4.78 is 5.49. The standard InChI is InChI=1S/C16H19NO4/c1-2-10-21-14-8-4-3-7-13(14)15(18)17-9-5-6-12(11-17)16(19)20/h2-4,7-8,12H,1,5-6,9-11H2,(H,19,20). The zero-order valence-electron chi connectivity index (χ0n) is 11.8. The number of nitrogens with zero attached hydrogens (tertiary/aromatic N) is 1. The molecule has 0 saturated carbocycles. The first-order valence-electron chi connectivity index (χ1n) is 6.98. The Balaban J connectivity index is 2.15. The summed E-state index contributed by atoms with van der Waals surface area (Å²) in [4.78, 5) is 25.3. The molecule has 1 saturated heterocycles. The van der Waals surface area contributed by atoms with Crippen LogP contribution in [0.25, 0.3) is 0 Å². The number of carbonyl (C=O) groups is 2. The van der Waals surface area contributed by atoms with Gasteiger partial charge in [0.25, 0.3) is 5.91 Å². The number of piperidine rings is 1. The van der Waals surface area contributed by atoms with Crippen LogP contribution in [-0.2, 0) is 4.79 Å². The van der Waals surface area contributed by atoms with Gasteiger partial charge >= 0.3 is 5.97 Å². The SMILES string of the molecule is C=CCOc1ccccc1C(=O)N1CCCC(C(=O)O)C1. The highest BCUT2D eigenvalue weighted by Gasteiger charge is 2.29. The third-order valence-corrected chi connectivity index (χ3v) is 3.53. The molecule has 0 bridgehead atoms. The van der Waals surface area contributed by atoms with Crippen molar-refractivity contribution in [2.45, 2.75) is 12.8 Å². The number of carboxylic acids is 1. The minimum Gasteiger partial charge on any atom is -0.489 e. The van der Waals surface area contributed by atoms with Gasteiger partial charge in [0.05, 0.1) is 11.5 Å². The van der Waals surface area contributed by atoms with E-state index < -0.39 is 11.9 Å². The Hall–Kier alpha value is -2.30. The summed E-state index contributed by atoms with van der Waals surface area (Å²) in [5.41, 5.74) is 0.463. The number of carboxylic acid groups (broad SMARTS) is 1. The lowest BCUT2D eigenvalue weighted by Gasteiger charge is -2.31. The van der Waals surface area contributed by atoms with Gasteiger partial charge in [-0.2, -0.15) is 0 Å². The Morgan fingerprint density at radius 2 is 2.19 bits per heavy atom. The van der Waals surface area contributed by atoms with Gasteiger partial charge in [-0.05, 0) is 25.0 Å². The van der Waals surface area contributed by atoms with Gasteiger partial charge in [0.2, 0.25) is 0 Å². The summed E-state index contributed by atoms with van der Waals surface area (Å²) >= 11 is 0. The van der Waals surface area contributed by atoms with Crippen molar-refractivity contribution < 1.29 is 19.4 Å². The second-order valence-corrected chi connectivity index (χ2v) is 5.02. The first-order chi connectivity index (χ1) is 10.1. The van der Waals surface area contributed by atoms with E-state index in [4.69, 9.17) is 9.84 Å². The maximum atomic E-state index is 12.6. The monoisotopic (exact) mass is 289 g/mol. The molecular formula is C16H19NO4. The lowest BCUT2D eigenvalue weighted by atomic mass is 9.97. The van der Waals surface area contributed by atoms with Crippen molar-refractivity contribution in [2.24, 2.45) is 5.92 Å². The highest BCUT2D eigenvalue weighted by atomic mass is 16.5. The number of likely N-dealkylation sites (tertiary alicyclic amines) is 1. The quantitative estimate of drug-likeness (QED) is 0.844. The van der Waals surface area contributed by atoms with Crippen LogP contribution in [0, 0.1) is 5.92 Å². The van der Waals surface area contributed by atoms with E-state index in [2.05, 4.69) is 6.58 Å².